The van der Waals surface area contributed by atoms with Gasteiger partial charge in [-0.2, -0.15) is 0 Å². The molecule has 2 atom stereocenters. The molecule has 0 spiro atoms. The van der Waals surface area contributed by atoms with Crippen LogP contribution >= 0.6 is 0 Å². The molecule has 20 heavy (non-hydrogen) atoms. The number of hydrogen-bond acceptors (Lipinski definition) is 4. The van der Waals surface area contributed by atoms with Gasteiger partial charge < -0.3 is 20.1 Å². The molecule has 2 unspecified atom stereocenters. The minimum atomic E-state index is 0.258. The monoisotopic (exact) mass is 278 g/mol. The first-order valence-electron chi connectivity index (χ1n) is 7.37. The van der Waals surface area contributed by atoms with E-state index < -0.39 is 0 Å². The molecular weight excluding hydrogens is 252 g/mol. The molecule has 1 saturated heterocycles. The smallest absolute Gasteiger partial charge is 0.161 e. The van der Waals surface area contributed by atoms with Crippen molar-refractivity contribution in [3.63, 3.8) is 0 Å². The molecule has 0 radical (unpaired) electrons. The van der Waals surface area contributed by atoms with E-state index in [0.717, 1.165) is 37.4 Å². The molecule has 0 saturated carbocycles. The summed E-state index contributed by atoms with van der Waals surface area (Å²) < 4.78 is 11.6. The van der Waals surface area contributed by atoms with Crippen molar-refractivity contribution in [2.45, 2.75) is 31.8 Å². The van der Waals surface area contributed by atoms with Crippen molar-refractivity contribution in [1.82, 2.24) is 4.90 Å². The first-order valence-corrected chi connectivity index (χ1v) is 7.37. The van der Waals surface area contributed by atoms with E-state index in [0.29, 0.717) is 12.5 Å². The summed E-state index contributed by atoms with van der Waals surface area (Å²) in [6.45, 7) is 4.97. The Labute approximate surface area is 121 Å². The lowest BCUT2D eigenvalue weighted by molar-refractivity contribution is 0.199. The third-order valence-corrected chi connectivity index (χ3v) is 4.00. The standard InChI is InChI=1S/C16H26N2O2/c1-12(6-8-17)13-4-5-15(19-3)16(10-13)20-14-7-9-18(2)11-14/h4-5,10,12,14H,6-9,11,17H2,1-3H3. The van der Waals surface area contributed by atoms with Crippen LogP contribution in [0, 0.1) is 0 Å². The molecule has 112 valence electrons. The molecule has 1 aliphatic rings. The Bertz CT molecular complexity index is 436. The molecule has 4 nitrogen and oxygen atoms in total. The largest absolute Gasteiger partial charge is 0.493 e. The van der Waals surface area contributed by atoms with Gasteiger partial charge in [0.1, 0.15) is 6.10 Å². The molecule has 1 fully saturated rings. The number of hydrogen-bond donors (Lipinski definition) is 1. The van der Waals surface area contributed by atoms with Gasteiger partial charge in [-0.25, -0.2) is 0 Å². The predicted molar refractivity (Wildman–Crippen MR) is 81.6 cm³/mol. The first kappa shape index (κ1) is 15.1. The second-order valence-corrected chi connectivity index (χ2v) is 5.68. The van der Waals surface area contributed by atoms with Crippen LogP contribution in [0.1, 0.15) is 31.2 Å². The molecular formula is C16H26N2O2. The van der Waals surface area contributed by atoms with Crippen molar-refractivity contribution in [2.24, 2.45) is 5.73 Å². The van der Waals surface area contributed by atoms with Crippen LogP contribution in [0.4, 0.5) is 0 Å². The summed E-state index contributed by atoms with van der Waals surface area (Å²) in [5.74, 6) is 2.11. The first-order chi connectivity index (χ1) is 9.63. The number of likely N-dealkylation sites (tertiary alicyclic amines) is 1. The van der Waals surface area contributed by atoms with Crippen LogP contribution in [0.2, 0.25) is 0 Å². The van der Waals surface area contributed by atoms with Gasteiger partial charge in [0.15, 0.2) is 11.5 Å². The summed E-state index contributed by atoms with van der Waals surface area (Å²) in [7, 11) is 3.81. The van der Waals surface area contributed by atoms with Gasteiger partial charge in [-0.1, -0.05) is 13.0 Å². The van der Waals surface area contributed by atoms with Crippen molar-refractivity contribution >= 4 is 0 Å². The van der Waals surface area contributed by atoms with Crippen LogP contribution < -0.4 is 15.2 Å². The number of likely N-dealkylation sites (N-methyl/N-ethyl adjacent to an activating group) is 1. The third-order valence-electron chi connectivity index (χ3n) is 4.00. The Morgan fingerprint density at radius 2 is 2.20 bits per heavy atom. The summed E-state index contributed by atoms with van der Waals surface area (Å²) in [5, 5.41) is 0. The van der Waals surface area contributed by atoms with Gasteiger partial charge in [-0.15, -0.1) is 0 Å². The fraction of sp³-hybridized carbons (Fsp3) is 0.625. The molecule has 0 aromatic heterocycles. The molecule has 1 aromatic carbocycles. The summed E-state index contributed by atoms with van der Waals surface area (Å²) in [5.41, 5.74) is 6.91. The second-order valence-electron chi connectivity index (χ2n) is 5.68. The summed E-state index contributed by atoms with van der Waals surface area (Å²) >= 11 is 0. The quantitative estimate of drug-likeness (QED) is 0.867. The Kier molecular flexibility index (Phi) is 5.26. The maximum Gasteiger partial charge on any atom is 0.161 e. The average molecular weight is 278 g/mol. The summed E-state index contributed by atoms with van der Waals surface area (Å²) in [6.07, 6.45) is 2.31. The maximum absolute atomic E-state index is 6.14. The minimum Gasteiger partial charge on any atom is -0.493 e. The average Bonchev–Trinajstić information content (AvgIpc) is 2.84. The summed E-state index contributed by atoms with van der Waals surface area (Å²) in [4.78, 5) is 2.29. The summed E-state index contributed by atoms with van der Waals surface area (Å²) in [6, 6.07) is 6.21. The molecule has 1 heterocycles. The van der Waals surface area contributed by atoms with E-state index in [1.807, 2.05) is 6.07 Å². The number of ether oxygens (including phenoxy) is 2. The molecule has 2 rings (SSSR count). The number of methoxy groups -OCH3 is 1. The molecule has 0 bridgehead atoms. The van der Waals surface area contributed by atoms with Gasteiger partial charge in [0.05, 0.1) is 7.11 Å². The highest BCUT2D eigenvalue weighted by Crippen LogP contribution is 2.33. The highest BCUT2D eigenvalue weighted by atomic mass is 16.5. The zero-order valence-corrected chi connectivity index (χ0v) is 12.8. The van der Waals surface area contributed by atoms with Gasteiger partial charge in [0.25, 0.3) is 0 Å². The van der Waals surface area contributed by atoms with E-state index >= 15 is 0 Å². The van der Waals surface area contributed by atoms with Gasteiger partial charge in [0, 0.05) is 13.1 Å². The number of rotatable bonds is 6. The molecule has 4 heteroatoms. The Balaban J connectivity index is 2.14. The minimum absolute atomic E-state index is 0.258. The van der Waals surface area contributed by atoms with Crippen molar-refractivity contribution in [3.8, 4) is 11.5 Å². The van der Waals surface area contributed by atoms with Gasteiger partial charge >= 0.3 is 0 Å². The van der Waals surface area contributed by atoms with E-state index in [4.69, 9.17) is 15.2 Å². The van der Waals surface area contributed by atoms with Crippen molar-refractivity contribution < 1.29 is 9.47 Å². The Hall–Kier alpha value is -1.26. The maximum atomic E-state index is 6.14. The lowest BCUT2D eigenvalue weighted by atomic mass is 9.97. The van der Waals surface area contributed by atoms with Crippen LogP contribution in [0.3, 0.4) is 0 Å². The second kappa shape index (κ2) is 6.95. The topological polar surface area (TPSA) is 47.7 Å². The predicted octanol–water partition coefficient (Wildman–Crippen LogP) is 2.23. The fourth-order valence-corrected chi connectivity index (χ4v) is 2.68. The van der Waals surface area contributed by atoms with Crippen LogP contribution in [-0.4, -0.2) is 44.8 Å². The molecule has 0 aliphatic carbocycles. The Morgan fingerprint density at radius 3 is 2.80 bits per heavy atom. The van der Waals surface area contributed by atoms with Crippen LogP contribution in [0.25, 0.3) is 0 Å². The highest BCUT2D eigenvalue weighted by molar-refractivity contribution is 5.44. The van der Waals surface area contributed by atoms with Crippen LogP contribution in [0.5, 0.6) is 11.5 Å². The molecule has 1 aliphatic heterocycles. The molecule has 2 N–H and O–H groups in total. The lowest BCUT2D eigenvalue weighted by Crippen LogP contribution is -2.21. The number of nitrogens with zero attached hydrogens (tertiary/aromatic N) is 1. The van der Waals surface area contributed by atoms with Gasteiger partial charge in [-0.3, -0.25) is 0 Å². The number of nitrogens with two attached hydrogens (primary N) is 1. The zero-order chi connectivity index (χ0) is 14.5. The normalized spacial score (nSPS) is 20.9. The van der Waals surface area contributed by atoms with Crippen molar-refractivity contribution in [2.75, 3.05) is 33.8 Å². The van der Waals surface area contributed by atoms with E-state index in [1.54, 1.807) is 7.11 Å². The van der Waals surface area contributed by atoms with E-state index in [-0.39, 0.29) is 6.10 Å². The number of benzene rings is 1. The van der Waals surface area contributed by atoms with E-state index in [2.05, 4.69) is 31.0 Å². The lowest BCUT2D eigenvalue weighted by Gasteiger charge is -2.19. The van der Waals surface area contributed by atoms with E-state index in [1.165, 1.54) is 5.56 Å². The SMILES string of the molecule is COc1ccc(C(C)CCN)cc1OC1CCN(C)C1. The third kappa shape index (κ3) is 3.64. The van der Waals surface area contributed by atoms with E-state index in [9.17, 15) is 0 Å². The highest BCUT2D eigenvalue weighted by Gasteiger charge is 2.22. The fourth-order valence-electron chi connectivity index (χ4n) is 2.68. The molecule has 0 amide bonds. The van der Waals surface area contributed by atoms with Gasteiger partial charge in [-0.05, 0) is 50.0 Å². The van der Waals surface area contributed by atoms with Gasteiger partial charge in [0.2, 0.25) is 0 Å². The zero-order valence-electron chi connectivity index (χ0n) is 12.8. The van der Waals surface area contributed by atoms with Crippen LogP contribution in [0.15, 0.2) is 18.2 Å². The van der Waals surface area contributed by atoms with Crippen LogP contribution in [-0.2, 0) is 0 Å². The van der Waals surface area contributed by atoms with Crippen molar-refractivity contribution in [1.29, 1.82) is 0 Å². The Morgan fingerprint density at radius 1 is 1.40 bits per heavy atom. The molecule has 1 aromatic rings. The van der Waals surface area contributed by atoms with Crippen molar-refractivity contribution in [3.05, 3.63) is 23.8 Å².